The minimum atomic E-state index is -0.379. The minimum absolute atomic E-state index is 0.216. The summed E-state index contributed by atoms with van der Waals surface area (Å²) in [4.78, 5) is 0. The summed E-state index contributed by atoms with van der Waals surface area (Å²) >= 11 is 6.20. The van der Waals surface area contributed by atoms with Gasteiger partial charge >= 0.3 is 0 Å². The molecule has 2 aromatic rings. The Kier molecular flexibility index (Phi) is 3.87. The molecule has 112 valence electrons. The maximum Gasteiger partial charge on any atom is 0.132 e. The van der Waals surface area contributed by atoms with Crippen molar-refractivity contribution in [2.75, 3.05) is 18.9 Å². The van der Waals surface area contributed by atoms with E-state index in [2.05, 4.69) is 5.10 Å². The molecule has 0 bridgehead atoms. The molecule has 0 saturated carbocycles. The zero-order valence-electron chi connectivity index (χ0n) is 11.8. The number of ether oxygens (including phenoxy) is 1. The van der Waals surface area contributed by atoms with E-state index in [1.54, 1.807) is 23.9 Å². The van der Waals surface area contributed by atoms with Crippen LogP contribution in [0.5, 0.6) is 0 Å². The number of benzene rings is 1. The predicted molar refractivity (Wildman–Crippen MR) is 80.8 cm³/mol. The SMILES string of the molecule is Cn1nc(C2CCOCC2)c(-c2c(F)cccc2Cl)c1N. The summed E-state index contributed by atoms with van der Waals surface area (Å²) in [5.74, 6) is 0.270. The largest absolute Gasteiger partial charge is 0.383 e. The lowest BCUT2D eigenvalue weighted by molar-refractivity contribution is 0.0845. The summed E-state index contributed by atoms with van der Waals surface area (Å²) in [5, 5.41) is 4.85. The molecule has 1 aromatic heterocycles. The van der Waals surface area contributed by atoms with Gasteiger partial charge < -0.3 is 10.5 Å². The molecular weight excluding hydrogens is 293 g/mol. The van der Waals surface area contributed by atoms with Crippen LogP contribution in [0, 0.1) is 5.82 Å². The molecule has 0 spiro atoms. The van der Waals surface area contributed by atoms with Crippen LogP contribution in [0.15, 0.2) is 18.2 Å². The molecule has 0 aliphatic carbocycles. The Balaban J connectivity index is 2.17. The fourth-order valence-corrected chi connectivity index (χ4v) is 3.07. The van der Waals surface area contributed by atoms with Crippen LogP contribution in [0.1, 0.15) is 24.5 Å². The fraction of sp³-hybridized carbons (Fsp3) is 0.400. The van der Waals surface area contributed by atoms with E-state index in [9.17, 15) is 4.39 Å². The number of hydrogen-bond donors (Lipinski definition) is 1. The lowest BCUT2D eigenvalue weighted by Crippen LogP contribution is -2.15. The van der Waals surface area contributed by atoms with E-state index in [1.165, 1.54) is 6.07 Å². The topological polar surface area (TPSA) is 53.1 Å². The molecule has 21 heavy (non-hydrogen) atoms. The highest BCUT2D eigenvalue weighted by Crippen LogP contribution is 2.41. The van der Waals surface area contributed by atoms with Crippen LogP contribution in [0.4, 0.5) is 10.2 Å². The number of aryl methyl sites for hydroxylation is 1. The Morgan fingerprint density at radius 3 is 2.71 bits per heavy atom. The Morgan fingerprint density at radius 1 is 1.33 bits per heavy atom. The van der Waals surface area contributed by atoms with Crippen molar-refractivity contribution in [3.63, 3.8) is 0 Å². The summed E-state index contributed by atoms with van der Waals surface area (Å²) in [6.45, 7) is 1.37. The number of anilines is 1. The fourth-order valence-electron chi connectivity index (χ4n) is 2.81. The van der Waals surface area contributed by atoms with Crippen molar-refractivity contribution in [3.05, 3.63) is 34.7 Å². The number of aromatic nitrogens is 2. The van der Waals surface area contributed by atoms with Crippen molar-refractivity contribution in [1.29, 1.82) is 0 Å². The summed E-state index contributed by atoms with van der Waals surface area (Å²) in [5.41, 5.74) is 7.89. The first-order valence-corrected chi connectivity index (χ1v) is 7.32. The third kappa shape index (κ3) is 2.51. The number of nitrogen functional groups attached to an aromatic ring is 1. The molecule has 0 atom stereocenters. The first-order chi connectivity index (χ1) is 10.1. The highest BCUT2D eigenvalue weighted by Gasteiger charge is 2.27. The molecule has 2 N–H and O–H groups in total. The van der Waals surface area contributed by atoms with Gasteiger partial charge in [-0.15, -0.1) is 0 Å². The van der Waals surface area contributed by atoms with Crippen LogP contribution >= 0.6 is 11.6 Å². The van der Waals surface area contributed by atoms with Crippen molar-refractivity contribution in [1.82, 2.24) is 9.78 Å². The van der Waals surface area contributed by atoms with Crippen LogP contribution < -0.4 is 5.73 Å². The van der Waals surface area contributed by atoms with Crippen molar-refractivity contribution in [2.24, 2.45) is 7.05 Å². The number of rotatable bonds is 2. The monoisotopic (exact) mass is 309 g/mol. The Hall–Kier alpha value is -1.59. The van der Waals surface area contributed by atoms with Crippen LogP contribution in [-0.4, -0.2) is 23.0 Å². The molecule has 1 aromatic carbocycles. The molecule has 1 aliphatic heterocycles. The van der Waals surface area contributed by atoms with E-state index in [1.807, 2.05) is 0 Å². The number of hydrogen-bond acceptors (Lipinski definition) is 3. The molecule has 2 heterocycles. The molecule has 1 aliphatic rings. The molecule has 0 unspecified atom stereocenters. The van der Waals surface area contributed by atoms with Gasteiger partial charge in [-0.05, 0) is 25.0 Å². The lowest BCUT2D eigenvalue weighted by Gasteiger charge is -2.21. The normalized spacial score (nSPS) is 16.3. The van der Waals surface area contributed by atoms with Gasteiger partial charge in [0.05, 0.1) is 16.3 Å². The van der Waals surface area contributed by atoms with Crippen LogP contribution in [-0.2, 0) is 11.8 Å². The average molecular weight is 310 g/mol. The van der Waals surface area contributed by atoms with Gasteiger partial charge in [0, 0.05) is 31.7 Å². The van der Waals surface area contributed by atoms with E-state index in [4.69, 9.17) is 22.1 Å². The predicted octanol–water partition coefficient (Wildman–Crippen LogP) is 3.36. The van der Waals surface area contributed by atoms with Gasteiger partial charge in [-0.3, -0.25) is 4.68 Å². The zero-order chi connectivity index (χ0) is 15.0. The molecular formula is C15H17ClFN3O. The van der Waals surface area contributed by atoms with Gasteiger partial charge in [0.15, 0.2) is 0 Å². The smallest absolute Gasteiger partial charge is 0.132 e. The first kappa shape index (κ1) is 14.4. The number of halogens is 2. The Labute approximate surface area is 127 Å². The summed E-state index contributed by atoms with van der Waals surface area (Å²) in [6, 6.07) is 4.64. The van der Waals surface area contributed by atoms with Gasteiger partial charge in [-0.2, -0.15) is 5.10 Å². The van der Waals surface area contributed by atoms with Crippen LogP contribution in [0.25, 0.3) is 11.1 Å². The molecule has 1 fully saturated rings. The highest BCUT2D eigenvalue weighted by molar-refractivity contribution is 6.33. The first-order valence-electron chi connectivity index (χ1n) is 6.94. The van der Waals surface area contributed by atoms with Crippen molar-refractivity contribution >= 4 is 17.4 Å². The summed E-state index contributed by atoms with van der Waals surface area (Å²) in [7, 11) is 1.76. The maximum absolute atomic E-state index is 14.3. The van der Waals surface area contributed by atoms with Gasteiger partial charge in [0.25, 0.3) is 0 Å². The highest BCUT2D eigenvalue weighted by atomic mass is 35.5. The second kappa shape index (κ2) is 5.66. The third-order valence-corrected chi connectivity index (χ3v) is 4.25. The lowest BCUT2D eigenvalue weighted by atomic mass is 9.91. The second-order valence-electron chi connectivity index (χ2n) is 5.25. The van der Waals surface area contributed by atoms with E-state index in [0.29, 0.717) is 35.2 Å². The van der Waals surface area contributed by atoms with Crippen LogP contribution in [0.3, 0.4) is 0 Å². The standard InChI is InChI=1S/C15H17ClFN3O/c1-20-15(18)13(12-10(16)3-2-4-11(12)17)14(19-20)9-5-7-21-8-6-9/h2-4,9H,5-8,18H2,1H3. The zero-order valence-corrected chi connectivity index (χ0v) is 12.5. The summed E-state index contributed by atoms with van der Waals surface area (Å²) in [6.07, 6.45) is 1.71. The average Bonchev–Trinajstić information content (AvgIpc) is 2.77. The number of nitrogens with two attached hydrogens (primary N) is 1. The molecule has 6 heteroatoms. The minimum Gasteiger partial charge on any atom is -0.383 e. The van der Waals surface area contributed by atoms with Crippen LogP contribution in [0.2, 0.25) is 5.02 Å². The summed E-state index contributed by atoms with van der Waals surface area (Å²) < 4.78 is 21.2. The van der Waals surface area contributed by atoms with E-state index in [-0.39, 0.29) is 11.7 Å². The maximum atomic E-state index is 14.3. The van der Waals surface area contributed by atoms with Crippen molar-refractivity contribution in [2.45, 2.75) is 18.8 Å². The van der Waals surface area contributed by atoms with Gasteiger partial charge in [-0.25, -0.2) is 4.39 Å². The second-order valence-corrected chi connectivity index (χ2v) is 5.66. The van der Waals surface area contributed by atoms with E-state index >= 15 is 0 Å². The molecule has 0 radical (unpaired) electrons. The molecule has 0 amide bonds. The van der Waals surface area contributed by atoms with Gasteiger partial charge in [0.2, 0.25) is 0 Å². The van der Waals surface area contributed by atoms with Gasteiger partial charge in [0.1, 0.15) is 11.6 Å². The Bertz CT molecular complexity index is 645. The van der Waals surface area contributed by atoms with Gasteiger partial charge in [-0.1, -0.05) is 17.7 Å². The molecule has 4 nitrogen and oxygen atoms in total. The van der Waals surface area contributed by atoms with Crippen molar-refractivity contribution < 1.29 is 9.13 Å². The Morgan fingerprint density at radius 2 is 2.05 bits per heavy atom. The molecule has 1 saturated heterocycles. The molecule has 3 rings (SSSR count). The quantitative estimate of drug-likeness (QED) is 0.925. The number of nitrogens with zero attached hydrogens (tertiary/aromatic N) is 2. The van der Waals surface area contributed by atoms with E-state index in [0.717, 1.165) is 18.5 Å². The third-order valence-electron chi connectivity index (χ3n) is 3.94. The van der Waals surface area contributed by atoms with E-state index < -0.39 is 0 Å². The van der Waals surface area contributed by atoms with Crippen molar-refractivity contribution in [3.8, 4) is 11.1 Å².